The van der Waals surface area contributed by atoms with Crippen LogP contribution in [-0.2, 0) is 19.3 Å². The molecule has 1 aliphatic carbocycles. The molecule has 6 heteroatoms. The molecular weight excluding hydrogens is 479 g/mol. The molecule has 3 N–H and O–H groups in total. The van der Waals surface area contributed by atoms with E-state index in [-0.39, 0.29) is 17.3 Å². The largest absolute Gasteiger partial charge is 0.507 e. The zero-order valence-corrected chi connectivity index (χ0v) is 22.6. The molecule has 0 amide bonds. The number of likely N-dealkylation sites (tertiary alicyclic amines) is 1. The summed E-state index contributed by atoms with van der Waals surface area (Å²) >= 11 is 0. The first kappa shape index (κ1) is 26.4. The average Bonchev–Trinajstić information content (AvgIpc) is 2.92. The number of phenolic OH excluding ortho intramolecular Hbond substituents is 1. The fourth-order valence-electron chi connectivity index (χ4n) is 5.91. The van der Waals surface area contributed by atoms with Gasteiger partial charge >= 0.3 is 0 Å². The van der Waals surface area contributed by atoms with E-state index >= 15 is 4.39 Å². The average molecular weight is 519 g/mol. The van der Waals surface area contributed by atoms with Gasteiger partial charge in [0, 0.05) is 18.5 Å². The highest BCUT2D eigenvalue weighted by Crippen LogP contribution is 2.43. The first-order chi connectivity index (χ1) is 18.4. The van der Waals surface area contributed by atoms with Gasteiger partial charge in [-0.3, -0.25) is 4.90 Å². The van der Waals surface area contributed by atoms with Crippen LogP contribution in [0.1, 0.15) is 54.9 Å². The summed E-state index contributed by atoms with van der Waals surface area (Å²) in [7, 11) is 1.59. The number of hydrogen-bond donors (Lipinski definition) is 2. The van der Waals surface area contributed by atoms with Crippen LogP contribution < -0.4 is 15.2 Å². The molecule has 2 aliphatic rings. The second-order valence-corrected chi connectivity index (χ2v) is 10.8. The lowest BCUT2D eigenvalue weighted by Gasteiger charge is -2.29. The number of piperidine rings is 1. The third kappa shape index (κ3) is 5.60. The van der Waals surface area contributed by atoms with Crippen molar-refractivity contribution in [1.29, 1.82) is 0 Å². The minimum absolute atomic E-state index is 0.245. The van der Waals surface area contributed by atoms with Crippen molar-refractivity contribution < 1.29 is 19.0 Å². The summed E-state index contributed by atoms with van der Waals surface area (Å²) in [5.74, 6) is 1.49. The van der Waals surface area contributed by atoms with Gasteiger partial charge in [0.15, 0.2) is 11.6 Å². The molecule has 0 atom stereocenters. The minimum atomic E-state index is -0.377. The standard InChI is InChI=1S/C32H39FN2O3/c1-21-13-15-35(16-14-21)17-18-38-29-11-7-22(20-27(29)33)19-26-25(9-12-30(37-2)32(26)34)31-24-6-4-3-5-23(24)8-10-28(31)36/h7-12,20-21,36H,3-6,13-19,34H2,1-2H3. The zero-order valence-electron chi connectivity index (χ0n) is 22.6. The Morgan fingerprint density at radius 2 is 1.79 bits per heavy atom. The molecule has 0 spiro atoms. The van der Waals surface area contributed by atoms with Gasteiger partial charge in [0.1, 0.15) is 18.1 Å². The van der Waals surface area contributed by atoms with E-state index in [1.807, 2.05) is 24.3 Å². The minimum Gasteiger partial charge on any atom is -0.507 e. The summed E-state index contributed by atoms with van der Waals surface area (Å²) in [5.41, 5.74) is 12.9. The van der Waals surface area contributed by atoms with E-state index < -0.39 is 0 Å². The van der Waals surface area contributed by atoms with Crippen LogP contribution in [0.25, 0.3) is 11.1 Å². The molecular formula is C32H39FN2O3. The van der Waals surface area contributed by atoms with E-state index in [9.17, 15) is 5.11 Å². The van der Waals surface area contributed by atoms with Gasteiger partial charge in [0.25, 0.3) is 0 Å². The van der Waals surface area contributed by atoms with Gasteiger partial charge in [0.2, 0.25) is 0 Å². The smallest absolute Gasteiger partial charge is 0.165 e. The van der Waals surface area contributed by atoms with Crippen LogP contribution in [0.15, 0.2) is 42.5 Å². The van der Waals surface area contributed by atoms with E-state index in [2.05, 4.69) is 11.8 Å². The van der Waals surface area contributed by atoms with Crippen molar-refractivity contribution in [2.24, 2.45) is 5.92 Å². The van der Waals surface area contributed by atoms with Gasteiger partial charge in [-0.2, -0.15) is 0 Å². The van der Waals surface area contributed by atoms with Crippen molar-refractivity contribution in [2.75, 3.05) is 39.1 Å². The fraction of sp³-hybridized carbons (Fsp3) is 0.438. The van der Waals surface area contributed by atoms with Gasteiger partial charge in [-0.05, 0) is 110 Å². The lowest BCUT2D eigenvalue weighted by Crippen LogP contribution is -2.35. The predicted molar refractivity (Wildman–Crippen MR) is 151 cm³/mol. The molecule has 0 saturated carbocycles. The maximum absolute atomic E-state index is 15.1. The number of halogens is 1. The van der Waals surface area contributed by atoms with Crippen LogP contribution in [0.3, 0.4) is 0 Å². The topological polar surface area (TPSA) is 68.0 Å². The number of nitrogens with zero attached hydrogens (tertiary/aromatic N) is 1. The van der Waals surface area contributed by atoms with Crippen molar-refractivity contribution in [3.05, 3.63) is 70.5 Å². The molecule has 202 valence electrons. The molecule has 1 fully saturated rings. The number of hydrogen-bond acceptors (Lipinski definition) is 5. The molecule has 5 nitrogen and oxygen atoms in total. The Kier molecular flexibility index (Phi) is 8.08. The Labute approximate surface area is 225 Å². The lowest BCUT2D eigenvalue weighted by molar-refractivity contribution is 0.158. The summed E-state index contributed by atoms with van der Waals surface area (Å²) in [5, 5.41) is 10.9. The highest BCUT2D eigenvalue weighted by Gasteiger charge is 2.23. The summed E-state index contributed by atoms with van der Waals surface area (Å²) in [6.07, 6.45) is 7.00. The Balaban J connectivity index is 1.39. The van der Waals surface area contributed by atoms with Crippen molar-refractivity contribution in [1.82, 2.24) is 4.90 Å². The number of benzene rings is 3. The molecule has 0 aromatic heterocycles. The van der Waals surface area contributed by atoms with Gasteiger partial charge in [-0.25, -0.2) is 4.39 Å². The molecule has 1 saturated heterocycles. The number of phenols is 1. The highest BCUT2D eigenvalue weighted by atomic mass is 19.1. The number of aromatic hydroxyl groups is 1. The van der Waals surface area contributed by atoms with E-state index in [0.29, 0.717) is 24.5 Å². The third-order valence-corrected chi connectivity index (χ3v) is 8.24. The normalized spacial score (nSPS) is 16.3. The molecule has 38 heavy (non-hydrogen) atoms. The third-order valence-electron chi connectivity index (χ3n) is 8.24. The summed E-state index contributed by atoms with van der Waals surface area (Å²) in [4.78, 5) is 2.39. The van der Waals surface area contributed by atoms with Crippen molar-refractivity contribution in [2.45, 2.75) is 51.9 Å². The van der Waals surface area contributed by atoms with Crippen molar-refractivity contribution in [3.8, 4) is 28.4 Å². The van der Waals surface area contributed by atoms with Crippen molar-refractivity contribution >= 4 is 5.69 Å². The number of rotatable bonds is 8. The van der Waals surface area contributed by atoms with E-state index in [4.69, 9.17) is 15.2 Å². The monoisotopic (exact) mass is 518 g/mol. The molecule has 1 aliphatic heterocycles. The molecule has 1 heterocycles. The summed E-state index contributed by atoms with van der Waals surface area (Å²) in [6, 6.07) is 12.7. The fourth-order valence-corrected chi connectivity index (χ4v) is 5.91. The zero-order chi connectivity index (χ0) is 26.6. The molecule has 3 aromatic rings. The molecule has 5 rings (SSSR count). The van der Waals surface area contributed by atoms with Crippen LogP contribution >= 0.6 is 0 Å². The van der Waals surface area contributed by atoms with Crippen LogP contribution in [0.5, 0.6) is 17.2 Å². The first-order valence-electron chi connectivity index (χ1n) is 13.9. The maximum Gasteiger partial charge on any atom is 0.165 e. The summed E-state index contributed by atoms with van der Waals surface area (Å²) in [6.45, 7) is 5.73. The van der Waals surface area contributed by atoms with Crippen LogP contribution in [0.4, 0.5) is 10.1 Å². The number of anilines is 1. The number of nitrogens with two attached hydrogens (primary N) is 1. The second-order valence-electron chi connectivity index (χ2n) is 10.8. The Bertz CT molecular complexity index is 1280. The van der Waals surface area contributed by atoms with Crippen LogP contribution in [0.2, 0.25) is 0 Å². The van der Waals surface area contributed by atoms with E-state index in [1.165, 1.54) is 30.0 Å². The Morgan fingerprint density at radius 3 is 2.55 bits per heavy atom. The quantitative estimate of drug-likeness (QED) is 0.339. The van der Waals surface area contributed by atoms with E-state index in [1.54, 1.807) is 19.2 Å². The summed E-state index contributed by atoms with van der Waals surface area (Å²) < 4.78 is 26.4. The number of nitrogen functional groups attached to an aromatic ring is 1. The van der Waals surface area contributed by atoms with Gasteiger partial charge in [0.05, 0.1) is 12.8 Å². The van der Waals surface area contributed by atoms with Gasteiger partial charge in [-0.15, -0.1) is 0 Å². The maximum atomic E-state index is 15.1. The van der Waals surface area contributed by atoms with Crippen LogP contribution in [0, 0.1) is 11.7 Å². The van der Waals surface area contributed by atoms with Gasteiger partial charge < -0.3 is 20.3 Å². The lowest BCUT2D eigenvalue weighted by atomic mass is 9.83. The van der Waals surface area contributed by atoms with Gasteiger partial charge in [-0.1, -0.05) is 25.1 Å². The molecule has 0 bridgehead atoms. The Morgan fingerprint density at radius 1 is 1.03 bits per heavy atom. The number of fused-ring (bicyclic) bond motifs is 1. The van der Waals surface area contributed by atoms with Crippen molar-refractivity contribution in [3.63, 3.8) is 0 Å². The second kappa shape index (κ2) is 11.6. The number of ether oxygens (including phenoxy) is 2. The Hall–Kier alpha value is -3.25. The molecule has 0 unspecified atom stereocenters. The van der Waals surface area contributed by atoms with E-state index in [0.717, 1.165) is 73.5 Å². The molecule has 3 aromatic carbocycles. The SMILES string of the molecule is COc1ccc(-c2c(O)ccc3c2CCCC3)c(Cc2ccc(OCCN3CCC(C)CC3)c(F)c2)c1N. The highest BCUT2D eigenvalue weighted by molar-refractivity contribution is 5.83. The number of aryl methyl sites for hydroxylation is 1. The number of methoxy groups -OCH3 is 1. The molecule has 0 radical (unpaired) electrons. The predicted octanol–water partition coefficient (Wildman–Crippen LogP) is 6.37. The van der Waals surface area contributed by atoms with Crippen LogP contribution in [-0.4, -0.2) is 43.4 Å². The first-order valence-corrected chi connectivity index (χ1v) is 13.9.